The third-order valence-corrected chi connectivity index (χ3v) is 2.24. The minimum atomic E-state index is 0.321. The molecule has 1 aromatic heterocycles. The second-order valence-corrected chi connectivity index (χ2v) is 3.45. The number of aromatic nitrogens is 1. The van der Waals surface area contributed by atoms with Gasteiger partial charge in [-0.05, 0) is 12.5 Å². The highest BCUT2D eigenvalue weighted by Gasteiger charge is 2.05. The Bertz CT molecular complexity index is 291. The molecule has 3 N–H and O–H groups in total. The normalized spacial score (nSPS) is 12.2. The highest BCUT2D eigenvalue weighted by atomic mass is 16.5. The molecular formula is C11H19N3O. The van der Waals surface area contributed by atoms with Gasteiger partial charge in [0.2, 0.25) is 5.88 Å². The molecule has 0 aliphatic rings. The zero-order valence-electron chi connectivity index (χ0n) is 9.36. The van der Waals surface area contributed by atoms with Crippen LogP contribution in [0.5, 0.6) is 5.88 Å². The summed E-state index contributed by atoms with van der Waals surface area (Å²) in [5, 5.41) is 3.36. The summed E-state index contributed by atoms with van der Waals surface area (Å²) in [6.07, 6.45) is 3.92. The number of nitrogens with zero attached hydrogens (tertiary/aromatic N) is 1. The maximum atomic E-state index is 5.67. The van der Waals surface area contributed by atoms with Crippen LogP contribution in [0.25, 0.3) is 0 Å². The highest BCUT2D eigenvalue weighted by molar-refractivity contribution is 5.45. The van der Waals surface area contributed by atoms with Crippen molar-refractivity contribution < 1.29 is 4.74 Å². The Labute approximate surface area is 90.8 Å². The van der Waals surface area contributed by atoms with Crippen LogP contribution in [0.1, 0.15) is 19.8 Å². The number of nitrogens with two attached hydrogens (primary N) is 1. The van der Waals surface area contributed by atoms with Crippen molar-refractivity contribution in [1.29, 1.82) is 0 Å². The van der Waals surface area contributed by atoms with Crippen LogP contribution in [0.4, 0.5) is 5.69 Å². The lowest BCUT2D eigenvalue weighted by atomic mass is 10.1. The summed E-state index contributed by atoms with van der Waals surface area (Å²) in [6.45, 7) is 2.79. The lowest BCUT2D eigenvalue weighted by molar-refractivity contribution is 0.398. The van der Waals surface area contributed by atoms with Gasteiger partial charge in [-0.25, -0.2) is 4.98 Å². The number of pyridine rings is 1. The summed E-state index contributed by atoms with van der Waals surface area (Å²) in [4.78, 5) is 4.04. The van der Waals surface area contributed by atoms with Crippen molar-refractivity contribution in [3.8, 4) is 5.88 Å². The van der Waals surface area contributed by atoms with Gasteiger partial charge in [-0.2, -0.15) is 0 Å². The Kier molecular flexibility index (Phi) is 4.90. The highest BCUT2D eigenvalue weighted by Crippen LogP contribution is 2.15. The van der Waals surface area contributed by atoms with Crippen LogP contribution >= 0.6 is 0 Å². The monoisotopic (exact) mass is 209 g/mol. The number of hydrogen-bond donors (Lipinski definition) is 2. The summed E-state index contributed by atoms with van der Waals surface area (Å²) in [5.74, 6) is 0.618. The molecule has 0 saturated heterocycles. The summed E-state index contributed by atoms with van der Waals surface area (Å²) in [7, 11) is 1.61. The topological polar surface area (TPSA) is 60.2 Å². The van der Waals surface area contributed by atoms with Gasteiger partial charge in [-0.15, -0.1) is 0 Å². The van der Waals surface area contributed by atoms with E-state index < -0.39 is 0 Å². The maximum Gasteiger partial charge on any atom is 0.214 e. The predicted molar refractivity (Wildman–Crippen MR) is 62.2 cm³/mol. The van der Waals surface area contributed by atoms with Gasteiger partial charge >= 0.3 is 0 Å². The SMILES string of the molecule is CCCC(CN)Nc1ccnc(OC)c1. The summed E-state index contributed by atoms with van der Waals surface area (Å²) in [5.41, 5.74) is 6.67. The van der Waals surface area contributed by atoms with Gasteiger partial charge in [0.15, 0.2) is 0 Å². The van der Waals surface area contributed by atoms with Crippen molar-refractivity contribution >= 4 is 5.69 Å². The maximum absolute atomic E-state index is 5.67. The Balaban J connectivity index is 2.61. The first-order valence-electron chi connectivity index (χ1n) is 5.26. The first-order chi connectivity index (χ1) is 7.30. The van der Waals surface area contributed by atoms with E-state index in [0.717, 1.165) is 18.5 Å². The standard InChI is InChI=1S/C11H19N3O/c1-3-4-10(8-12)14-9-5-6-13-11(7-9)15-2/h5-7,10H,3-4,8,12H2,1-2H3,(H,13,14). The van der Waals surface area contributed by atoms with E-state index in [1.54, 1.807) is 13.3 Å². The first kappa shape index (κ1) is 11.8. The van der Waals surface area contributed by atoms with Crippen LogP contribution in [0.15, 0.2) is 18.3 Å². The van der Waals surface area contributed by atoms with Gasteiger partial charge in [0.1, 0.15) is 0 Å². The second-order valence-electron chi connectivity index (χ2n) is 3.45. The van der Waals surface area contributed by atoms with Crippen molar-refractivity contribution in [2.75, 3.05) is 19.0 Å². The zero-order chi connectivity index (χ0) is 11.1. The summed E-state index contributed by atoms with van der Waals surface area (Å²) in [6, 6.07) is 4.11. The number of rotatable bonds is 6. The Morgan fingerprint density at radius 1 is 1.60 bits per heavy atom. The van der Waals surface area contributed by atoms with Crippen molar-refractivity contribution in [1.82, 2.24) is 4.98 Å². The number of anilines is 1. The van der Waals surface area contributed by atoms with E-state index in [-0.39, 0.29) is 0 Å². The summed E-state index contributed by atoms with van der Waals surface area (Å²) < 4.78 is 5.05. The van der Waals surface area contributed by atoms with Crippen molar-refractivity contribution in [2.24, 2.45) is 5.73 Å². The van der Waals surface area contributed by atoms with Crippen LogP contribution in [0.2, 0.25) is 0 Å². The van der Waals surface area contributed by atoms with Gasteiger partial charge < -0.3 is 15.8 Å². The van der Waals surface area contributed by atoms with Crippen LogP contribution in [-0.2, 0) is 0 Å². The minimum Gasteiger partial charge on any atom is -0.481 e. The quantitative estimate of drug-likeness (QED) is 0.747. The smallest absolute Gasteiger partial charge is 0.214 e. The molecule has 84 valence electrons. The van der Waals surface area contributed by atoms with E-state index in [4.69, 9.17) is 10.5 Å². The number of nitrogens with one attached hydrogen (secondary N) is 1. The molecule has 1 heterocycles. The molecule has 15 heavy (non-hydrogen) atoms. The summed E-state index contributed by atoms with van der Waals surface area (Å²) >= 11 is 0. The average Bonchev–Trinajstić information content (AvgIpc) is 2.29. The third-order valence-electron chi connectivity index (χ3n) is 2.24. The molecule has 4 nitrogen and oxygen atoms in total. The molecule has 0 amide bonds. The molecule has 1 aromatic rings. The fourth-order valence-corrected chi connectivity index (χ4v) is 1.44. The molecular weight excluding hydrogens is 190 g/mol. The van der Waals surface area contributed by atoms with Crippen LogP contribution < -0.4 is 15.8 Å². The fourth-order valence-electron chi connectivity index (χ4n) is 1.44. The van der Waals surface area contributed by atoms with E-state index in [9.17, 15) is 0 Å². The largest absolute Gasteiger partial charge is 0.481 e. The Morgan fingerprint density at radius 2 is 2.40 bits per heavy atom. The molecule has 0 saturated carbocycles. The fraction of sp³-hybridized carbons (Fsp3) is 0.545. The molecule has 1 unspecified atom stereocenters. The average molecular weight is 209 g/mol. The molecule has 1 atom stereocenters. The number of ether oxygens (including phenoxy) is 1. The lowest BCUT2D eigenvalue weighted by Crippen LogP contribution is -2.28. The van der Waals surface area contributed by atoms with Crippen LogP contribution in [-0.4, -0.2) is 24.7 Å². The van der Waals surface area contributed by atoms with Gasteiger partial charge in [-0.3, -0.25) is 0 Å². The Hall–Kier alpha value is -1.29. The second kappa shape index (κ2) is 6.24. The minimum absolute atomic E-state index is 0.321. The molecule has 4 heteroatoms. The van der Waals surface area contributed by atoms with E-state index >= 15 is 0 Å². The molecule has 0 aliphatic carbocycles. The molecule has 0 aromatic carbocycles. The van der Waals surface area contributed by atoms with E-state index in [0.29, 0.717) is 18.5 Å². The Morgan fingerprint density at radius 3 is 3.00 bits per heavy atom. The molecule has 1 rings (SSSR count). The number of hydrogen-bond acceptors (Lipinski definition) is 4. The third kappa shape index (κ3) is 3.75. The van der Waals surface area contributed by atoms with Crippen molar-refractivity contribution in [3.05, 3.63) is 18.3 Å². The van der Waals surface area contributed by atoms with Crippen molar-refractivity contribution in [2.45, 2.75) is 25.8 Å². The van der Waals surface area contributed by atoms with Gasteiger partial charge in [-0.1, -0.05) is 13.3 Å². The van der Waals surface area contributed by atoms with Gasteiger partial charge in [0.05, 0.1) is 7.11 Å². The van der Waals surface area contributed by atoms with E-state index in [2.05, 4.69) is 17.2 Å². The molecule has 0 radical (unpaired) electrons. The zero-order valence-corrected chi connectivity index (χ0v) is 9.36. The predicted octanol–water partition coefficient (Wildman–Crippen LogP) is 1.63. The van der Waals surface area contributed by atoms with Crippen molar-refractivity contribution in [3.63, 3.8) is 0 Å². The van der Waals surface area contributed by atoms with E-state index in [1.807, 2.05) is 12.1 Å². The molecule has 0 spiro atoms. The number of methoxy groups -OCH3 is 1. The molecule has 0 aliphatic heterocycles. The first-order valence-corrected chi connectivity index (χ1v) is 5.26. The lowest BCUT2D eigenvalue weighted by Gasteiger charge is -2.17. The molecule has 0 bridgehead atoms. The van der Waals surface area contributed by atoms with Crippen LogP contribution in [0, 0.1) is 0 Å². The van der Waals surface area contributed by atoms with E-state index in [1.165, 1.54) is 0 Å². The van der Waals surface area contributed by atoms with Crippen LogP contribution in [0.3, 0.4) is 0 Å². The molecule has 0 fully saturated rings. The van der Waals surface area contributed by atoms with Gasteiger partial charge in [0.25, 0.3) is 0 Å². The van der Waals surface area contributed by atoms with Gasteiger partial charge in [0, 0.05) is 30.5 Å².